The SMILES string of the molecule is CNC(=O)N[C@@H](C(=O)OC(C)(C)C)c1ccccc1. The molecule has 0 bridgehead atoms. The van der Waals surface area contributed by atoms with Crippen molar-refractivity contribution in [2.45, 2.75) is 32.4 Å². The summed E-state index contributed by atoms with van der Waals surface area (Å²) in [7, 11) is 1.49. The van der Waals surface area contributed by atoms with Crippen molar-refractivity contribution in [2.75, 3.05) is 7.05 Å². The van der Waals surface area contributed by atoms with Gasteiger partial charge in [0, 0.05) is 7.05 Å². The first-order valence-electron chi connectivity index (χ1n) is 6.09. The molecule has 0 spiro atoms. The van der Waals surface area contributed by atoms with Crippen LogP contribution < -0.4 is 10.6 Å². The second-order valence-electron chi connectivity index (χ2n) is 5.10. The zero-order chi connectivity index (χ0) is 14.5. The Bertz CT molecular complexity index is 438. The second-order valence-corrected chi connectivity index (χ2v) is 5.10. The first-order valence-corrected chi connectivity index (χ1v) is 6.09. The largest absolute Gasteiger partial charge is 0.458 e. The molecule has 0 radical (unpaired) electrons. The van der Waals surface area contributed by atoms with Crippen LogP contribution >= 0.6 is 0 Å². The normalized spacial score (nSPS) is 12.4. The summed E-state index contributed by atoms with van der Waals surface area (Å²) in [5.74, 6) is -0.484. The first-order chi connectivity index (χ1) is 8.83. The highest BCUT2D eigenvalue weighted by molar-refractivity contribution is 5.84. The molecule has 0 fully saturated rings. The fourth-order valence-electron chi connectivity index (χ4n) is 1.49. The number of urea groups is 1. The van der Waals surface area contributed by atoms with E-state index in [4.69, 9.17) is 4.74 Å². The van der Waals surface area contributed by atoms with E-state index in [1.54, 1.807) is 45.0 Å². The van der Waals surface area contributed by atoms with Crippen LogP contribution in [0.3, 0.4) is 0 Å². The molecule has 5 heteroatoms. The number of carbonyl (C=O) groups is 2. The third-order valence-corrected chi connectivity index (χ3v) is 2.28. The van der Waals surface area contributed by atoms with Gasteiger partial charge in [0.25, 0.3) is 0 Å². The van der Waals surface area contributed by atoms with Gasteiger partial charge in [-0.3, -0.25) is 0 Å². The minimum absolute atomic E-state index is 0.431. The Morgan fingerprint density at radius 3 is 2.21 bits per heavy atom. The van der Waals surface area contributed by atoms with Crippen LogP contribution in [0.15, 0.2) is 30.3 Å². The molecule has 1 rings (SSSR count). The lowest BCUT2D eigenvalue weighted by molar-refractivity contribution is -0.157. The molecule has 0 aliphatic rings. The number of benzene rings is 1. The topological polar surface area (TPSA) is 67.4 Å². The van der Waals surface area contributed by atoms with Gasteiger partial charge in [-0.05, 0) is 26.3 Å². The number of carbonyl (C=O) groups excluding carboxylic acids is 2. The van der Waals surface area contributed by atoms with Crippen molar-refractivity contribution >= 4 is 12.0 Å². The van der Waals surface area contributed by atoms with Crippen LogP contribution in [0.4, 0.5) is 4.79 Å². The minimum Gasteiger partial charge on any atom is -0.458 e. The van der Waals surface area contributed by atoms with E-state index >= 15 is 0 Å². The van der Waals surface area contributed by atoms with Crippen LogP contribution in [0.5, 0.6) is 0 Å². The Morgan fingerprint density at radius 2 is 1.74 bits per heavy atom. The molecule has 0 aliphatic heterocycles. The molecule has 0 aromatic heterocycles. The highest BCUT2D eigenvalue weighted by Gasteiger charge is 2.27. The number of hydrogen-bond acceptors (Lipinski definition) is 3. The molecule has 0 saturated heterocycles. The first kappa shape index (κ1) is 15.0. The van der Waals surface area contributed by atoms with E-state index in [0.29, 0.717) is 5.56 Å². The lowest BCUT2D eigenvalue weighted by Gasteiger charge is -2.24. The highest BCUT2D eigenvalue weighted by Crippen LogP contribution is 2.18. The summed E-state index contributed by atoms with van der Waals surface area (Å²) in [4.78, 5) is 23.6. The predicted octanol–water partition coefficient (Wildman–Crippen LogP) is 2.00. The van der Waals surface area contributed by atoms with Gasteiger partial charge in [0.2, 0.25) is 0 Å². The maximum Gasteiger partial charge on any atom is 0.333 e. The second kappa shape index (κ2) is 6.22. The molecule has 104 valence electrons. The van der Waals surface area contributed by atoms with E-state index < -0.39 is 23.6 Å². The Balaban J connectivity index is 2.93. The molecule has 19 heavy (non-hydrogen) atoms. The molecule has 1 aromatic carbocycles. The van der Waals surface area contributed by atoms with Gasteiger partial charge >= 0.3 is 12.0 Å². The molecule has 5 nitrogen and oxygen atoms in total. The van der Waals surface area contributed by atoms with E-state index in [0.717, 1.165) is 0 Å². The summed E-state index contributed by atoms with van der Waals surface area (Å²) in [6, 6.07) is 7.74. The fraction of sp³-hybridized carbons (Fsp3) is 0.429. The van der Waals surface area contributed by atoms with Crippen LogP contribution in [-0.4, -0.2) is 24.6 Å². The smallest absolute Gasteiger partial charge is 0.333 e. The van der Waals surface area contributed by atoms with Gasteiger partial charge in [0.15, 0.2) is 6.04 Å². The van der Waals surface area contributed by atoms with Gasteiger partial charge < -0.3 is 15.4 Å². The van der Waals surface area contributed by atoms with Crippen molar-refractivity contribution in [3.63, 3.8) is 0 Å². The number of rotatable bonds is 3. The molecule has 0 aliphatic carbocycles. The fourth-order valence-corrected chi connectivity index (χ4v) is 1.49. The average Bonchev–Trinajstić information content (AvgIpc) is 2.34. The molecule has 1 atom stereocenters. The molecule has 0 unspecified atom stereocenters. The number of hydrogen-bond donors (Lipinski definition) is 2. The Hall–Kier alpha value is -2.04. The zero-order valence-corrected chi connectivity index (χ0v) is 11.7. The molecular weight excluding hydrogens is 244 g/mol. The average molecular weight is 264 g/mol. The van der Waals surface area contributed by atoms with Crippen LogP contribution in [0, 0.1) is 0 Å². The summed E-state index contributed by atoms with van der Waals surface area (Å²) >= 11 is 0. The Labute approximate surface area is 113 Å². The monoisotopic (exact) mass is 264 g/mol. The van der Waals surface area contributed by atoms with Crippen molar-refractivity contribution in [2.24, 2.45) is 0 Å². The van der Waals surface area contributed by atoms with Crippen molar-refractivity contribution in [3.05, 3.63) is 35.9 Å². The highest BCUT2D eigenvalue weighted by atomic mass is 16.6. The van der Waals surface area contributed by atoms with E-state index in [2.05, 4.69) is 10.6 Å². The molecule has 2 amide bonds. The van der Waals surface area contributed by atoms with Crippen LogP contribution in [-0.2, 0) is 9.53 Å². The van der Waals surface area contributed by atoms with Crippen LogP contribution in [0.1, 0.15) is 32.4 Å². The molecule has 0 saturated carbocycles. The third kappa shape index (κ3) is 4.99. The molecule has 1 aromatic rings. The minimum atomic E-state index is -0.819. The maximum absolute atomic E-state index is 12.1. The standard InChI is InChI=1S/C14H20N2O3/c1-14(2,3)19-12(17)11(16-13(18)15-4)10-8-6-5-7-9-10/h5-9,11H,1-4H3,(H2,15,16,18)/t11-/m1/s1. The number of esters is 1. The summed E-state index contributed by atoms with van der Waals surface area (Å²) in [6.07, 6.45) is 0. The van der Waals surface area contributed by atoms with Gasteiger partial charge in [-0.2, -0.15) is 0 Å². The molecule has 2 N–H and O–H groups in total. The lowest BCUT2D eigenvalue weighted by Crippen LogP contribution is -2.41. The quantitative estimate of drug-likeness (QED) is 0.820. The van der Waals surface area contributed by atoms with Gasteiger partial charge in [0.1, 0.15) is 5.60 Å². The van der Waals surface area contributed by atoms with Crippen LogP contribution in [0.25, 0.3) is 0 Å². The van der Waals surface area contributed by atoms with E-state index in [1.807, 2.05) is 6.07 Å². The maximum atomic E-state index is 12.1. The summed E-state index contributed by atoms with van der Waals surface area (Å²) in [6.45, 7) is 5.35. The van der Waals surface area contributed by atoms with E-state index in [9.17, 15) is 9.59 Å². The number of ether oxygens (including phenoxy) is 1. The third-order valence-electron chi connectivity index (χ3n) is 2.28. The van der Waals surface area contributed by atoms with Gasteiger partial charge in [-0.25, -0.2) is 9.59 Å². The van der Waals surface area contributed by atoms with Crippen molar-refractivity contribution in [3.8, 4) is 0 Å². The van der Waals surface area contributed by atoms with Crippen LogP contribution in [0.2, 0.25) is 0 Å². The van der Waals surface area contributed by atoms with Crippen molar-refractivity contribution in [1.82, 2.24) is 10.6 Å². The van der Waals surface area contributed by atoms with Gasteiger partial charge in [-0.15, -0.1) is 0 Å². The predicted molar refractivity (Wildman–Crippen MR) is 72.6 cm³/mol. The summed E-state index contributed by atoms with van der Waals surface area (Å²) in [5.41, 5.74) is 0.0782. The van der Waals surface area contributed by atoms with E-state index in [-0.39, 0.29) is 0 Å². The molecular formula is C14H20N2O3. The number of nitrogens with one attached hydrogen (secondary N) is 2. The summed E-state index contributed by atoms with van der Waals surface area (Å²) < 4.78 is 5.32. The van der Waals surface area contributed by atoms with E-state index in [1.165, 1.54) is 7.05 Å². The number of amides is 2. The lowest BCUT2D eigenvalue weighted by atomic mass is 10.1. The van der Waals surface area contributed by atoms with Gasteiger partial charge in [-0.1, -0.05) is 30.3 Å². The van der Waals surface area contributed by atoms with Crippen molar-refractivity contribution in [1.29, 1.82) is 0 Å². The van der Waals surface area contributed by atoms with Crippen molar-refractivity contribution < 1.29 is 14.3 Å². The Morgan fingerprint density at radius 1 is 1.16 bits per heavy atom. The van der Waals surface area contributed by atoms with Gasteiger partial charge in [0.05, 0.1) is 0 Å². The summed E-state index contributed by atoms with van der Waals surface area (Å²) in [5, 5.41) is 5.01. The zero-order valence-electron chi connectivity index (χ0n) is 11.7. The molecule has 0 heterocycles. The Kier molecular flexibility index (Phi) is 4.92.